The maximum Gasteiger partial charge on any atom is 0.144 e. The largest absolute Gasteiger partial charge is 0.369 e. The smallest absolute Gasteiger partial charge is 0.144 e. The Labute approximate surface area is 129 Å². The molecule has 2 rings (SSSR count). The topological polar surface area (TPSA) is 44.3 Å². The Kier molecular flexibility index (Phi) is 5.74. The fourth-order valence-electron chi connectivity index (χ4n) is 2.40. The summed E-state index contributed by atoms with van der Waals surface area (Å²) in [4.78, 5) is 13.9. The van der Waals surface area contributed by atoms with Gasteiger partial charge in [0.2, 0.25) is 0 Å². The first kappa shape index (κ1) is 15.7. The lowest BCUT2D eigenvalue weighted by Crippen LogP contribution is -2.50. The van der Waals surface area contributed by atoms with Gasteiger partial charge in [0.25, 0.3) is 0 Å². The molecular formula is C14H24BrN5. The fraction of sp³-hybridized carbons (Fsp3) is 0.714. The van der Waals surface area contributed by atoms with Crippen molar-refractivity contribution in [3.05, 3.63) is 16.5 Å². The van der Waals surface area contributed by atoms with Crippen LogP contribution in [0.4, 0.5) is 5.82 Å². The van der Waals surface area contributed by atoms with E-state index in [0.717, 1.165) is 55.1 Å². The van der Waals surface area contributed by atoms with Crippen LogP contribution in [0.1, 0.15) is 19.2 Å². The molecule has 0 radical (unpaired) electrons. The molecule has 1 aliphatic rings. The molecule has 0 spiro atoms. The summed E-state index contributed by atoms with van der Waals surface area (Å²) in [7, 11) is 4.36. The first-order valence-corrected chi connectivity index (χ1v) is 8.03. The molecular weight excluding hydrogens is 318 g/mol. The van der Waals surface area contributed by atoms with Crippen molar-refractivity contribution in [1.82, 2.24) is 19.8 Å². The summed E-state index contributed by atoms with van der Waals surface area (Å²) < 4.78 is 0.934. The lowest BCUT2D eigenvalue weighted by Gasteiger charge is -2.37. The molecule has 2 heterocycles. The number of likely N-dealkylation sites (N-methyl/N-ethyl adjacent to an activating group) is 2. The molecule has 1 saturated heterocycles. The maximum absolute atomic E-state index is 4.65. The molecule has 1 unspecified atom stereocenters. The van der Waals surface area contributed by atoms with Crippen LogP contribution in [0.25, 0.3) is 0 Å². The first-order valence-electron chi connectivity index (χ1n) is 7.24. The van der Waals surface area contributed by atoms with E-state index >= 15 is 0 Å². The van der Waals surface area contributed by atoms with E-state index in [-0.39, 0.29) is 0 Å². The molecule has 20 heavy (non-hydrogen) atoms. The number of hydrogen-bond donors (Lipinski definition) is 1. The Hall–Kier alpha value is -0.720. The van der Waals surface area contributed by atoms with Gasteiger partial charge in [-0.25, -0.2) is 9.97 Å². The van der Waals surface area contributed by atoms with Gasteiger partial charge in [-0.2, -0.15) is 0 Å². The van der Waals surface area contributed by atoms with Gasteiger partial charge in [-0.05, 0) is 36.4 Å². The fourth-order valence-corrected chi connectivity index (χ4v) is 2.73. The Morgan fingerprint density at radius 1 is 1.40 bits per heavy atom. The van der Waals surface area contributed by atoms with Crippen molar-refractivity contribution in [3.63, 3.8) is 0 Å². The van der Waals surface area contributed by atoms with E-state index in [1.54, 1.807) is 0 Å². The second kappa shape index (κ2) is 7.33. The van der Waals surface area contributed by atoms with Gasteiger partial charge in [-0.1, -0.05) is 6.92 Å². The van der Waals surface area contributed by atoms with E-state index in [1.165, 1.54) is 0 Å². The molecule has 1 fully saturated rings. The van der Waals surface area contributed by atoms with Crippen molar-refractivity contribution in [1.29, 1.82) is 0 Å². The van der Waals surface area contributed by atoms with Gasteiger partial charge in [0.05, 0.1) is 4.47 Å². The van der Waals surface area contributed by atoms with E-state index in [9.17, 15) is 0 Å². The van der Waals surface area contributed by atoms with Crippen molar-refractivity contribution in [2.24, 2.45) is 0 Å². The molecule has 112 valence electrons. The summed E-state index contributed by atoms with van der Waals surface area (Å²) >= 11 is 3.50. The van der Waals surface area contributed by atoms with Crippen LogP contribution in [0.15, 0.2) is 10.7 Å². The summed E-state index contributed by atoms with van der Waals surface area (Å²) in [6, 6.07) is 0.494. The highest BCUT2D eigenvalue weighted by molar-refractivity contribution is 9.10. The van der Waals surface area contributed by atoms with Gasteiger partial charge in [-0.3, -0.25) is 0 Å². The summed E-state index contributed by atoms with van der Waals surface area (Å²) in [5, 5.41) is 3.34. The number of piperazine rings is 1. The highest BCUT2D eigenvalue weighted by atomic mass is 79.9. The summed E-state index contributed by atoms with van der Waals surface area (Å²) in [5.74, 6) is 1.82. The monoisotopic (exact) mass is 341 g/mol. The first-order chi connectivity index (χ1) is 9.60. The molecule has 6 heteroatoms. The minimum Gasteiger partial charge on any atom is -0.369 e. The van der Waals surface area contributed by atoms with E-state index in [2.05, 4.69) is 62.0 Å². The molecule has 5 nitrogen and oxygen atoms in total. The summed E-state index contributed by atoms with van der Waals surface area (Å²) in [6.07, 6.45) is 3.84. The van der Waals surface area contributed by atoms with Crippen LogP contribution in [0, 0.1) is 0 Å². The van der Waals surface area contributed by atoms with Crippen LogP contribution in [0.5, 0.6) is 0 Å². The third-order valence-corrected chi connectivity index (χ3v) is 4.32. The van der Waals surface area contributed by atoms with E-state index in [1.807, 2.05) is 6.20 Å². The second-order valence-corrected chi connectivity index (χ2v) is 6.36. The molecule has 1 aliphatic heterocycles. The zero-order chi connectivity index (χ0) is 14.5. The molecule has 0 bridgehead atoms. The average Bonchev–Trinajstić information content (AvgIpc) is 2.43. The minimum absolute atomic E-state index is 0.494. The lowest BCUT2D eigenvalue weighted by atomic mass is 10.1. The third-order valence-electron chi connectivity index (χ3n) is 3.73. The van der Waals surface area contributed by atoms with Gasteiger partial charge < -0.3 is 15.1 Å². The number of halogens is 1. The molecule has 0 aliphatic carbocycles. The molecule has 1 N–H and O–H groups in total. The summed E-state index contributed by atoms with van der Waals surface area (Å²) in [6.45, 7) is 6.40. The van der Waals surface area contributed by atoms with Crippen LogP contribution in [-0.4, -0.2) is 66.1 Å². The SMILES string of the molecule is CCCNc1nc(CC2CN(C)CCN2C)ncc1Br. The average molecular weight is 342 g/mol. The Bertz CT molecular complexity index is 440. The van der Waals surface area contributed by atoms with Gasteiger partial charge >= 0.3 is 0 Å². The molecule has 0 amide bonds. The van der Waals surface area contributed by atoms with Crippen LogP contribution in [0.3, 0.4) is 0 Å². The standard InChI is InChI=1S/C14H24BrN5/c1-4-5-16-14-12(15)9-17-13(18-14)8-11-10-19(2)6-7-20(11)3/h9,11H,4-8,10H2,1-3H3,(H,16,17,18). The quantitative estimate of drug-likeness (QED) is 0.885. The zero-order valence-electron chi connectivity index (χ0n) is 12.6. The van der Waals surface area contributed by atoms with Gasteiger partial charge in [0.1, 0.15) is 11.6 Å². The lowest BCUT2D eigenvalue weighted by molar-refractivity contribution is 0.113. The van der Waals surface area contributed by atoms with Crippen molar-refractivity contribution in [3.8, 4) is 0 Å². The third kappa shape index (κ3) is 4.14. The van der Waals surface area contributed by atoms with Crippen molar-refractivity contribution >= 4 is 21.7 Å². The number of aromatic nitrogens is 2. The Balaban J connectivity index is 2.04. The number of hydrogen-bond acceptors (Lipinski definition) is 5. The van der Waals surface area contributed by atoms with E-state index < -0.39 is 0 Å². The van der Waals surface area contributed by atoms with E-state index in [0.29, 0.717) is 6.04 Å². The van der Waals surface area contributed by atoms with Crippen LogP contribution >= 0.6 is 15.9 Å². The molecule has 1 aromatic rings. The van der Waals surface area contributed by atoms with E-state index in [4.69, 9.17) is 0 Å². The Morgan fingerprint density at radius 3 is 2.95 bits per heavy atom. The molecule has 1 aromatic heterocycles. The number of rotatable bonds is 5. The van der Waals surface area contributed by atoms with Crippen molar-refractivity contribution in [2.45, 2.75) is 25.8 Å². The van der Waals surface area contributed by atoms with Crippen LogP contribution in [-0.2, 0) is 6.42 Å². The van der Waals surface area contributed by atoms with Crippen molar-refractivity contribution < 1.29 is 0 Å². The van der Waals surface area contributed by atoms with Crippen LogP contribution in [0.2, 0.25) is 0 Å². The number of anilines is 1. The maximum atomic E-state index is 4.65. The Morgan fingerprint density at radius 2 is 2.20 bits per heavy atom. The molecule has 1 atom stereocenters. The van der Waals surface area contributed by atoms with Crippen molar-refractivity contribution in [2.75, 3.05) is 45.6 Å². The number of nitrogens with one attached hydrogen (secondary N) is 1. The normalized spacial score (nSPS) is 21.1. The predicted molar refractivity (Wildman–Crippen MR) is 86.1 cm³/mol. The number of nitrogens with zero attached hydrogens (tertiary/aromatic N) is 4. The van der Waals surface area contributed by atoms with Gasteiger partial charge in [-0.15, -0.1) is 0 Å². The van der Waals surface area contributed by atoms with Gasteiger partial charge in [0.15, 0.2) is 0 Å². The second-order valence-electron chi connectivity index (χ2n) is 5.51. The highest BCUT2D eigenvalue weighted by Gasteiger charge is 2.23. The zero-order valence-corrected chi connectivity index (χ0v) is 14.2. The highest BCUT2D eigenvalue weighted by Crippen LogP contribution is 2.20. The predicted octanol–water partition coefficient (Wildman–Crippen LogP) is 1.85. The van der Waals surface area contributed by atoms with Gasteiger partial charge in [0, 0.05) is 44.8 Å². The van der Waals surface area contributed by atoms with Crippen LogP contribution < -0.4 is 5.32 Å². The molecule has 0 aromatic carbocycles. The summed E-state index contributed by atoms with van der Waals surface area (Å²) in [5.41, 5.74) is 0. The minimum atomic E-state index is 0.494. The molecule has 0 saturated carbocycles.